The molecule has 0 aliphatic carbocycles. The molecule has 1 atom stereocenters. The quantitative estimate of drug-likeness (QED) is 0.791. The molecule has 6 heteroatoms. The third kappa shape index (κ3) is 3.74. The van der Waals surface area contributed by atoms with Crippen molar-refractivity contribution in [3.8, 4) is 0 Å². The number of hydrogen-bond acceptors (Lipinski definition) is 4. The fraction of sp³-hybridized carbons (Fsp3) is 0.667. The van der Waals surface area contributed by atoms with Crippen LogP contribution in [0.3, 0.4) is 0 Å². The fourth-order valence-electron chi connectivity index (χ4n) is 1.89. The van der Waals surface area contributed by atoms with Crippen molar-refractivity contribution in [1.29, 1.82) is 0 Å². The van der Waals surface area contributed by atoms with Crippen molar-refractivity contribution in [2.75, 3.05) is 18.9 Å². The normalized spacial score (nSPS) is 19.1. The summed E-state index contributed by atoms with van der Waals surface area (Å²) >= 11 is 1.47. The molecule has 1 aromatic rings. The largest absolute Gasteiger partial charge is 0.376 e. The summed E-state index contributed by atoms with van der Waals surface area (Å²) in [6.07, 6.45) is 6.04. The third-order valence-corrected chi connectivity index (χ3v) is 3.91. The molecule has 1 fully saturated rings. The summed E-state index contributed by atoms with van der Waals surface area (Å²) in [7, 11) is 0. The van der Waals surface area contributed by atoms with Crippen molar-refractivity contribution in [2.45, 2.75) is 37.6 Å². The summed E-state index contributed by atoms with van der Waals surface area (Å²) in [6.45, 7) is 4.38. The number of imidazole rings is 1. The van der Waals surface area contributed by atoms with Gasteiger partial charge in [0.05, 0.1) is 11.9 Å². The number of nitrogens with zero attached hydrogens (tertiary/aromatic N) is 2. The van der Waals surface area contributed by atoms with Crippen LogP contribution in [0.2, 0.25) is 0 Å². The second-order valence-electron chi connectivity index (χ2n) is 4.22. The summed E-state index contributed by atoms with van der Waals surface area (Å²) < 4.78 is 7.48. The van der Waals surface area contributed by atoms with E-state index in [0.29, 0.717) is 12.3 Å². The average molecular weight is 269 g/mol. The van der Waals surface area contributed by atoms with Crippen molar-refractivity contribution < 1.29 is 9.53 Å². The summed E-state index contributed by atoms with van der Waals surface area (Å²) in [5.41, 5.74) is 0. The molecule has 18 heavy (non-hydrogen) atoms. The van der Waals surface area contributed by atoms with E-state index in [1.54, 1.807) is 6.20 Å². The minimum Gasteiger partial charge on any atom is -0.376 e. The minimum atomic E-state index is 0.0427. The SMILES string of the molecule is CCn1ccnc1SCC(=O)NC[C@H]1CCCO1. The molecule has 1 aliphatic heterocycles. The number of rotatable bonds is 6. The van der Waals surface area contributed by atoms with Gasteiger partial charge in [-0.15, -0.1) is 0 Å². The number of thioether (sulfide) groups is 1. The average Bonchev–Trinajstić information content (AvgIpc) is 3.04. The van der Waals surface area contributed by atoms with Crippen molar-refractivity contribution >= 4 is 17.7 Å². The number of ether oxygens (including phenoxy) is 1. The molecule has 0 aromatic carbocycles. The van der Waals surface area contributed by atoms with Crippen LogP contribution in [-0.2, 0) is 16.1 Å². The van der Waals surface area contributed by atoms with Gasteiger partial charge in [-0.3, -0.25) is 4.79 Å². The number of nitrogens with one attached hydrogen (secondary N) is 1. The van der Waals surface area contributed by atoms with Crippen LogP contribution < -0.4 is 5.32 Å². The van der Waals surface area contributed by atoms with Gasteiger partial charge in [0.1, 0.15) is 0 Å². The van der Waals surface area contributed by atoms with Gasteiger partial charge in [0, 0.05) is 32.1 Å². The Labute approximate surface area is 111 Å². The highest BCUT2D eigenvalue weighted by Crippen LogP contribution is 2.15. The van der Waals surface area contributed by atoms with Gasteiger partial charge in [0.25, 0.3) is 0 Å². The Bertz CT molecular complexity index is 388. The molecular weight excluding hydrogens is 250 g/mol. The van der Waals surface area contributed by atoms with Gasteiger partial charge in [-0.2, -0.15) is 0 Å². The Kier molecular flexibility index (Phi) is 5.07. The molecule has 0 unspecified atom stereocenters. The number of aryl methyl sites for hydroxylation is 1. The van der Waals surface area contributed by atoms with Crippen molar-refractivity contribution in [3.05, 3.63) is 12.4 Å². The Morgan fingerprint density at radius 1 is 1.72 bits per heavy atom. The monoisotopic (exact) mass is 269 g/mol. The maximum atomic E-state index is 11.7. The van der Waals surface area contributed by atoms with Crippen molar-refractivity contribution in [3.63, 3.8) is 0 Å². The van der Waals surface area contributed by atoms with Crippen molar-refractivity contribution in [2.24, 2.45) is 0 Å². The third-order valence-electron chi connectivity index (χ3n) is 2.90. The maximum Gasteiger partial charge on any atom is 0.230 e. The highest BCUT2D eigenvalue weighted by molar-refractivity contribution is 7.99. The summed E-state index contributed by atoms with van der Waals surface area (Å²) in [6, 6.07) is 0. The van der Waals surface area contributed by atoms with Crippen LogP contribution in [0.1, 0.15) is 19.8 Å². The topological polar surface area (TPSA) is 56.2 Å². The number of carbonyl (C=O) groups excluding carboxylic acids is 1. The van der Waals surface area contributed by atoms with Crippen LogP contribution >= 0.6 is 11.8 Å². The Hall–Kier alpha value is -1.01. The van der Waals surface area contributed by atoms with Crippen LogP contribution in [-0.4, -0.2) is 40.5 Å². The van der Waals surface area contributed by atoms with Gasteiger partial charge in [-0.25, -0.2) is 4.98 Å². The molecule has 1 amide bonds. The van der Waals surface area contributed by atoms with Gasteiger partial charge in [-0.05, 0) is 19.8 Å². The van der Waals surface area contributed by atoms with E-state index in [9.17, 15) is 4.79 Å². The molecule has 2 rings (SSSR count). The Morgan fingerprint density at radius 3 is 3.33 bits per heavy atom. The molecular formula is C12H19N3O2S. The molecule has 2 heterocycles. The van der Waals surface area contributed by atoms with E-state index in [2.05, 4.69) is 17.2 Å². The van der Waals surface area contributed by atoms with E-state index >= 15 is 0 Å². The molecule has 0 radical (unpaired) electrons. The predicted molar refractivity (Wildman–Crippen MR) is 70.6 cm³/mol. The summed E-state index contributed by atoms with van der Waals surface area (Å²) in [5, 5.41) is 3.80. The van der Waals surface area contributed by atoms with Gasteiger partial charge >= 0.3 is 0 Å². The standard InChI is InChI=1S/C12H19N3O2S/c1-2-15-6-5-13-12(15)18-9-11(16)14-8-10-4-3-7-17-10/h5-6,10H,2-4,7-9H2,1H3,(H,14,16)/t10-/m1/s1. The van der Waals surface area contributed by atoms with Crippen molar-refractivity contribution in [1.82, 2.24) is 14.9 Å². The molecule has 0 bridgehead atoms. The lowest BCUT2D eigenvalue weighted by Gasteiger charge is -2.10. The van der Waals surface area contributed by atoms with Gasteiger partial charge < -0.3 is 14.6 Å². The summed E-state index contributed by atoms with van der Waals surface area (Å²) in [4.78, 5) is 15.9. The highest BCUT2D eigenvalue weighted by atomic mass is 32.2. The lowest BCUT2D eigenvalue weighted by Crippen LogP contribution is -2.32. The van der Waals surface area contributed by atoms with Crippen LogP contribution in [0, 0.1) is 0 Å². The van der Waals surface area contributed by atoms with E-state index in [1.807, 2.05) is 10.8 Å². The van der Waals surface area contributed by atoms with Crippen LogP contribution in [0.5, 0.6) is 0 Å². The molecule has 0 saturated carbocycles. The molecule has 100 valence electrons. The van der Waals surface area contributed by atoms with E-state index in [1.165, 1.54) is 11.8 Å². The zero-order valence-electron chi connectivity index (χ0n) is 10.6. The Balaban J connectivity index is 1.68. The lowest BCUT2D eigenvalue weighted by molar-refractivity contribution is -0.119. The second-order valence-corrected chi connectivity index (χ2v) is 5.17. The maximum absolute atomic E-state index is 11.7. The van der Waals surface area contributed by atoms with E-state index in [-0.39, 0.29) is 12.0 Å². The van der Waals surface area contributed by atoms with Gasteiger partial charge in [0.15, 0.2) is 5.16 Å². The first-order valence-electron chi connectivity index (χ1n) is 6.32. The zero-order chi connectivity index (χ0) is 12.8. The molecule has 1 saturated heterocycles. The molecule has 1 aromatic heterocycles. The molecule has 0 spiro atoms. The van der Waals surface area contributed by atoms with E-state index in [4.69, 9.17) is 4.74 Å². The first-order chi connectivity index (χ1) is 8.79. The number of carbonyl (C=O) groups is 1. The predicted octanol–water partition coefficient (Wildman–Crippen LogP) is 1.29. The van der Waals surface area contributed by atoms with Crippen LogP contribution in [0.4, 0.5) is 0 Å². The number of amides is 1. The Morgan fingerprint density at radius 2 is 2.61 bits per heavy atom. The number of aromatic nitrogens is 2. The van der Waals surface area contributed by atoms with Crippen LogP contribution in [0.25, 0.3) is 0 Å². The van der Waals surface area contributed by atoms with E-state index < -0.39 is 0 Å². The molecule has 1 aliphatic rings. The fourth-order valence-corrected chi connectivity index (χ4v) is 2.74. The highest BCUT2D eigenvalue weighted by Gasteiger charge is 2.16. The zero-order valence-corrected chi connectivity index (χ0v) is 11.4. The van der Waals surface area contributed by atoms with Gasteiger partial charge in [-0.1, -0.05) is 11.8 Å². The smallest absolute Gasteiger partial charge is 0.230 e. The van der Waals surface area contributed by atoms with Gasteiger partial charge in [0.2, 0.25) is 5.91 Å². The molecule has 1 N–H and O–H groups in total. The lowest BCUT2D eigenvalue weighted by atomic mass is 10.2. The summed E-state index contributed by atoms with van der Waals surface area (Å²) in [5.74, 6) is 0.449. The number of hydrogen-bond donors (Lipinski definition) is 1. The first-order valence-corrected chi connectivity index (χ1v) is 7.30. The minimum absolute atomic E-state index is 0.0427. The van der Waals surface area contributed by atoms with Crippen LogP contribution in [0.15, 0.2) is 17.6 Å². The second kappa shape index (κ2) is 6.80. The van der Waals surface area contributed by atoms with E-state index in [0.717, 1.165) is 31.1 Å². The molecule has 5 nitrogen and oxygen atoms in total. The first kappa shape index (κ1) is 13.4.